The molecule has 1 aromatic carbocycles. The maximum atomic E-state index is 13.4. The summed E-state index contributed by atoms with van der Waals surface area (Å²) in [5.74, 6) is -0.234. The van der Waals surface area contributed by atoms with Crippen molar-refractivity contribution in [3.8, 4) is 0 Å². The van der Waals surface area contributed by atoms with Gasteiger partial charge in [0.1, 0.15) is 5.82 Å². The van der Waals surface area contributed by atoms with Crippen LogP contribution in [0.3, 0.4) is 0 Å². The van der Waals surface area contributed by atoms with Gasteiger partial charge in [-0.2, -0.15) is 0 Å². The minimum absolute atomic E-state index is 0.0345. The van der Waals surface area contributed by atoms with Crippen LogP contribution < -0.4 is 5.73 Å². The molecule has 1 fully saturated rings. The number of hydrogen-bond acceptors (Lipinski definition) is 2. The second-order valence-electron chi connectivity index (χ2n) is 5.12. The fraction of sp³-hybridized carbons (Fsp3) is 0.500. The van der Waals surface area contributed by atoms with E-state index in [-0.39, 0.29) is 17.0 Å². The number of rotatable bonds is 2. The highest BCUT2D eigenvalue weighted by Gasteiger charge is 2.25. The Kier molecular flexibility index (Phi) is 4.42. The summed E-state index contributed by atoms with van der Waals surface area (Å²) in [6, 6.07) is 4.33. The molecule has 0 saturated carbocycles. The van der Waals surface area contributed by atoms with Gasteiger partial charge in [0.25, 0.3) is 5.91 Å². The zero-order chi connectivity index (χ0) is 14.0. The van der Waals surface area contributed by atoms with Gasteiger partial charge in [-0.05, 0) is 43.9 Å². The molecule has 0 radical (unpaired) electrons. The monoisotopic (exact) mass is 284 g/mol. The summed E-state index contributed by atoms with van der Waals surface area (Å²) in [4.78, 5) is 14.0. The molecule has 3 nitrogen and oxygen atoms in total. The molecule has 1 aromatic rings. The Balaban J connectivity index is 2.03. The highest BCUT2D eigenvalue weighted by Crippen LogP contribution is 2.22. The van der Waals surface area contributed by atoms with E-state index in [2.05, 4.69) is 0 Å². The number of likely N-dealkylation sites (tertiary alicyclic amines) is 1. The van der Waals surface area contributed by atoms with Crippen LogP contribution in [0.1, 0.15) is 30.1 Å². The van der Waals surface area contributed by atoms with Crippen LogP contribution in [-0.2, 0) is 0 Å². The van der Waals surface area contributed by atoms with E-state index in [1.54, 1.807) is 11.0 Å². The molecule has 5 heteroatoms. The first-order chi connectivity index (χ1) is 8.99. The van der Waals surface area contributed by atoms with E-state index in [9.17, 15) is 9.18 Å². The second kappa shape index (κ2) is 5.88. The minimum Gasteiger partial charge on any atom is -0.339 e. The summed E-state index contributed by atoms with van der Waals surface area (Å²) < 4.78 is 13.4. The van der Waals surface area contributed by atoms with Gasteiger partial charge in [0.15, 0.2) is 0 Å². The molecule has 1 aliphatic rings. The molecule has 1 saturated heterocycles. The van der Waals surface area contributed by atoms with Gasteiger partial charge >= 0.3 is 0 Å². The largest absolute Gasteiger partial charge is 0.339 e. The van der Waals surface area contributed by atoms with E-state index in [4.69, 9.17) is 17.3 Å². The third-order valence-corrected chi connectivity index (χ3v) is 4.04. The summed E-state index contributed by atoms with van der Waals surface area (Å²) in [6.45, 7) is 3.35. The Hall–Kier alpha value is -1.13. The molecule has 1 heterocycles. The van der Waals surface area contributed by atoms with Crippen molar-refractivity contribution in [2.24, 2.45) is 11.7 Å². The fourth-order valence-corrected chi connectivity index (χ4v) is 2.56. The number of nitrogens with two attached hydrogens (primary N) is 1. The Morgan fingerprint density at radius 3 is 2.63 bits per heavy atom. The third kappa shape index (κ3) is 3.25. The van der Waals surface area contributed by atoms with Crippen LogP contribution in [0.4, 0.5) is 4.39 Å². The summed E-state index contributed by atoms with van der Waals surface area (Å²) in [6.07, 6.45) is 1.80. The normalized spacial score (nSPS) is 18.4. The standard InChI is InChI=1S/C14H18ClFN2O/c1-9(17)10-4-6-18(7-5-10)14(19)11-2-3-12(15)13(16)8-11/h2-3,8-10H,4-7,17H2,1H3. The van der Waals surface area contributed by atoms with Crippen LogP contribution >= 0.6 is 11.6 Å². The van der Waals surface area contributed by atoms with Crippen molar-refractivity contribution in [1.29, 1.82) is 0 Å². The number of amides is 1. The topological polar surface area (TPSA) is 46.3 Å². The molecular formula is C14H18ClFN2O. The fourth-order valence-electron chi connectivity index (χ4n) is 2.44. The number of nitrogens with zero attached hydrogens (tertiary/aromatic N) is 1. The van der Waals surface area contributed by atoms with Gasteiger partial charge in [-0.3, -0.25) is 4.79 Å². The molecule has 0 spiro atoms. The molecule has 0 bridgehead atoms. The molecule has 0 aliphatic carbocycles. The number of piperidine rings is 1. The first-order valence-corrected chi connectivity index (χ1v) is 6.86. The van der Waals surface area contributed by atoms with Crippen molar-refractivity contribution in [2.75, 3.05) is 13.1 Å². The van der Waals surface area contributed by atoms with Gasteiger partial charge in [0, 0.05) is 24.7 Å². The van der Waals surface area contributed by atoms with Gasteiger partial charge in [0.2, 0.25) is 0 Å². The highest BCUT2D eigenvalue weighted by atomic mass is 35.5. The van der Waals surface area contributed by atoms with Gasteiger partial charge in [-0.15, -0.1) is 0 Å². The van der Waals surface area contributed by atoms with Gasteiger partial charge in [-0.25, -0.2) is 4.39 Å². The molecule has 1 amide bonds. The Morgan fingerprint density at radius 2 is 2.11 bits per heavy atom. The highest BCUT2D eigenvalue weighted by molar-refractivity contribution is 6.30. The lowest BCUT2D eigenvalue weighted by atomic mass is 9.90. The van der Waals surface area contributed by atoms with Crippen molar-refractivity contribution < 1.29 is 9.18 Å². The number of carbonyl (C=O) groups is 1. The first-order valence-electron chi connectivity index (χ1n) is 6.49. The van der Waals surface area contributed by atoms with E-state index in [1.807, 2.05) is 6.92 Å². The second-order valence-corrected chi connectivity index (χ2v) is 5.52. The summed E-state index contributed by atoms with van der Waals surface area (Å²) in [5, 5.41) is 0.0345. The molecule has 1 aliphatic heterocycles. The SMILES string of the molecule is CC(N)C1CCN(C(=O)c2ccc(Cl)c(F)c2)CC1. The smallest absolute Gasteiger partial charge is 0.253 e. The van der Waals surface area contributed by atoms with Crippen LogP contribution in [0, 0.1) is 11.7 Å². The maximum absolute atomic E-state index is 13.4. The van der Waals surface area contributed by atoms with Crippen molar-refractivity contribution in [2.45, 2.75) is 25.8 Å². The summed E-state index contributed by atoms with van der Waals surface area (Å²) in [5.41, 5.74) is 6.22. The predicted molar refractivity (Wildman–Crippen MR) is 73.7 cm³/mol. The molecule has 0 aromatic heterocycles. The molecule has 2 N–H and O–H groups in total. The van der Waals surface area contributed by atoms with Gasteiger partial charge < -0.3 is 10.6 Å². The van der Waals surface area contributed by atoms with Crippen molar-refractivity contribution in [3.05, 3.63) is 34.6 Å². The average molecular weight is 285 g/mol. The lowest BCUT2D eigenvalue weighted by Crippen LogP contribution is -2.42. The van der Waals surface area contributed by atoms with E-state index in [0.717, 1.165) is 12.8 Å². The van der Waals surface area contributed by atoms with Crippen LogP contribution in [0.25, 0.3) is 0 Å². The molecule has 19 heavy (non-hydrogen) atoms. The molecule has 2 rings (SSSR count). The van der Waals surface area contributed by atoms with Gasteiger partial charge in [-0.1, -0.05) is 11.6 Å². The number of hydrogen-bond donors (Lipinski definition) is 1. The van der Waals surface area contributed by atoms with E-state index in [1.165, 1.54) is 12.1 Å². The predicted octanol–water partition coefficient (Wildman–Crippen LogP) is 2.68. The Labute approximate surface area is 117 Å². The Morgan fingerprint density at radius 1 is 1.47 bits per heavy atom. The van der Waals surface area contributed by atoms with Crippen molar-refractivity contribution in [3.63, 3.8) is 0 Å². The van der Waals surface area contributed by atoms with Crippen LogP contribution in [-0.4, -0.2) is 29.9 Å². The lowest BCUT2D eigenvalue weighted by Gasteiger charge is -2.33. The van der Waals surface area contributed by atoms with E-state index in [0.29, 0.717) is 24.6 Å². The zero-order valence-electron chi connectivity index (χ0n) is 10.9. The van der Waals surface area contributed by atoms with Crippen LogP contribution in [0.15, 0.2) is 18.2 Å². The minimum atomic E-state index is -0.557. The Bertz CT molecular complexity index is 471. The number of benzene rings is 1. The van der Waals surface area contributed by atoms with E-state index >= 15 is 0 Å². The van der Waals surface area contributed by atoms with Crippen LogP contribution in [0.2, 0.25) is 5.02 Å². The lowest BCUT2D eigenvalue weighted by molar-refractivity contribution is 0.0680. The van der Waals surface area contributed by atoms with Crippen molar-refractivity contribution in [1.82, 2.24) is 4.90 Å². The van der Waals surface area contributed by atoms with Gasteiger partial charge in [0.05, 0.1) is 5.02 Å². The molecule has 1 unspecified atom stereocenters. The summed E-state index contributed by atoms with van der Waals surface area (Å²) in [7, 11) is 0. The third-order valence-electron chi connectivity index (χ3n) is 3.74. The molecule has 1 atom stereocenters. The molecule has 104 valence electrons. The number of carbonyl (C=O) groups excluding carboxylic acids is 1. The average Bonchev–Trinajstić information content (AvgIpc) is 2.41. The maximum Gasteiger partial charge on any atom is 0.253 e. The van der Waals surface area contributed by atoms with Crippen molar-refractivity contribution >= 4 is 17.5 Å². The number of halogens is 2. The zero-order valence-corrected chi connectivity index (χ0v) is 11.7. The molecular weight excluding hydrogens is 267 g/mol. The first kappa shape index (κ1) is 14.3. The summed E-state index contributed by atoms with van der Waals surface area (Å²) >= 11 is 5.61. The van der Waals surface area contributed by atoms with Crippen LogP contribution in [0.5, 0.6) is 0 Å². The van der Waals surface area contributed by atoms with E-state index < -0.39 is 5.82 Å². The quantitative estimate of drug-likeness (QED) is 0.907.